The maximum atomic E-state index is 12.2. The molecule has 5 heteroatoms. The van der Waals surface area contributed by atoms with E-state index in [4.69, 9.17) is 14.9 Å². The molecule has 1 heterocycles. The van der Waals surface area contributed by atoms with Crippen LogP contribution in [0.4, 0.5) is 5.69 Å². The molecule has 2 N–H and O–H groups in total. The molecule has 0 bridgehead atoms. The number of hydrogen-bond acceptors (Lipinski definition) is 4. The van der Waals surface area contributed by atoms with E-state index in [2.05, 4.69) is 0 Å². The van der Waals surface area contributed by atoms with Crippen molar-refractivity contribution in [3.05, 3.63) is 30.0 Å². The zero-order valence-electron chi connectivity index (χ0n) is 11.2. The highest BCUT2D eigenvalue weighted by Crippen LogP contribution is 2.22. The minimum Gasteiger partial charge on any atom is -0.451 e. The third kappa shape index (κ3) is 3.06. The fourth-order valence-corrected chi connectivity index (χ4v) is 1.90. The highest BCUT2D eigenvalue weighted by Gasteiger charge is 2.16. The number of amides is 1. The Morgan fingerprint density at radius 1 is 1.42 bits per heavy atom. The van der Waals surface area contributed by atoms with Gasteiger partial charge in [-0.25, -0.2) is 0 Å². The van der Waals surface area contributed by atoms with E-state index >= 15 is 0 Å². The lowest BCUT2D eigenvalue weighted by Crippen LogP contribution is -2.27. The van der Waals surface area contributed by atoms with Crippen LogP contribution in [-0.4, -0.2) is 38.1 Å². The zero-order chi connectivity index (χ0) is 13.8. The van der Waals surface area contributed by atoms with Crippen LogP contribution in [0.5, 0.6) is 0 Å². The Kier molecular flexibility index (Phi) is 4.06. The second-order valence-electron chi connectivity index (χ2n) is 4.48. The number of furan rings is 1. The topological polar surface area (TPSA) is 68.7 Å². The summed E-state index contributed by atoms with van der Waals surface area (Å²) in [5, 5.41) is 0.841. The van der Waals surface area contributed by atoms with E-state index < -0.39 is 0 Å². The minimum absolute atomic E-state index is 0.133. The van der Waals surface area contributed by atoms with Crippen LogP contribution in [0.2, 0.25) is 0 Å². The number of carbonyl (C=O) groups excluding carboxylic acids is 1. The van der Waals surface area contributed by atoms with Crippen LogP contribution in [0.3, 0.4) is 0 Å². The highest BCUT2D eigenvalue weighted by atomic mass is 16.5. The summed E-state index contributed by atoms with van der Waals surface area (Å²) in [6, 6.07) is 7.04. The number of benzene rings is 1. The minimum atomic E-state index is -0.133. The van der Waals surface area contributed by atoms with Crippen LogP contribution in [-0.2, 0) is 4.74 Å². The molecule has 0 saturated heterocycles. The van der Waals surface area contributed by atoms with Crippen LogP contribution in [0.15, 0.2) is 28.7 Å². The second kappa shape index (κ2) is 5.75. The molecule has 0 aliphatic heterocycles. The van der Waals surface area contributed by atoms with Gasteiger partial charge in [-0.2, -0.15) is 0 Å². The molecule has 19 heavy (non-hydrogen) atoms. The molecule has 102 valence electrons. The molecule has 0 atom stereocenters. The van der Waals surface area contributed by atoms with E-state index in [9.17, 15) is 4.79 Å². The number of methoxy groups -OCH3 is 1. The molecule has 0 unspecified atom stereocenters. The number of anilines is 1. The van der Waals surface area contributed by atoms with Gasteiger partial charge in [-0.05, 0) is 30.7 Å². The lowest BCUT2D eigenvalue weighted by molar-refractivity contribution is 0.0750. The third-order valence-electron chi connectivity index (χ3n) is 2.94. The Balaban J connectivity index is 2.12. The average molecular weight is 262 g/mol. The zero-order valence-corrected chi connectivity index (χ0v) is 11.2. The lowest BCUT2D eigenvalue weighted by atomic mass is 10.2. The molecule has 0 aliphatic rings. The summed E-state index contributed by atoms with van der Waals surface area (Å²) in [6.07, 6.45) is 0.798. The molecular formula is C14H18N2O3. The van der Waals surface area contributed by atoms with E-state index in [1.807, 2.05) is 0 Å². The molecule has 0 spiro atoms. The summed E-state index contributed by atoms with van der Waals surface area (Å²) in [7, 11) is 3.39. The van der Waals surface area contributed by atoms with Crippen LogP contribution in [0.25, 0.3) is 11.0 Å². The van der Waals surface area contributed by atoms with Crippen molar-refractivity contribution in [3.8, 4) is 0 Å². The standard InChI is InChI=1S/C14H18N2O3/c1-16(6-3-7-18-2)14(17)13-9-10-8-11(15)4-5-12(10)19-13/h4-5,8-9H,3,6-7,15H2,1-2H3. The second-order valence-corrected chi connectivity index (χ2v) is 4.48. The maximum absolute atomic E-state index is 12.2. The van der Waals surface area contributed by atoms with Crippen molar-refractivity contribution in [1.29, 1.82) is 0 Å². The normalized spacial score (nSPS) is 10.8. The van der Waals surface area contributed by atoms with Gasteiger partial charge in [0, 0.05) is 38.4 Å². The number of fused-ring (bicyclic) bond motifs is 1. The van der Waals surface area contributed by atoms with Crippen molar-refractivity contribution in [3.63, 3.8) is 0 Å². The Hall–Kier alpha value is -2.01. The van der Waals surface area contributed by atoms with Gasteiger partial charge in [0.05, 0.1) is 0 Å². The fourth-order valence-electron chi connectivity index (χ4n) is 1.90. The molecule has 0 aliphatic carbocycles. The van der Waals surface area contributed by atoms with E-state index in [0.717, 1.165) is 11.8 Å². The monoisotopic (exact) mass is 262 g/mol. The largest absolute Gasteiger partial charge is 0.451 e. The van der Waals surface area contributed by atoms with Gasteiger partial charge in [-0.1, -0.05) is 0 Å². The van der Waals surface area contributed by atoms with Crippen molar-refractivity contribution in [2.75, 3.05) is 33.0 Å². The first-order valence-corrected chi connectivity index (χ1v) is 6.15. The van der Waals surface area contributed by atoms with Gasteiger partial charge in [-0.3, -0.25) is 4.79 Å². The van der Waals surface area contributed by atoms with Gasteiger partial charge in [0.2, 0.25) is 0 Å². The predicted octanol–water partition coefficient (Wildman–Crippen LogP) is 2.12. The van der Waals surface area contributed by atoms with Crippen molar-refractivity contribution < 1.29 is 13.9 Å². The van der Waals surface area contributed by atoms with E-state index in [-0.39, 0.29) is 5.91 Å². The predicted molar refractivity (Wildman–Crippen MR) is 74.1 cm³/mol. The van der Waals surface area contributed by atoms with Gasteiger partial charge >= 0.3 is 0 Å². The first kappa shape index (κ1) is 13.4. The summed E-state index contributed by atoms with van der Waals surface area (Å²) in [5.74, 6) is 0.200. The lowest BCUT2D eigenvalue weighted by Gasteiger charge is -2.14. The average Bonchev–Trinajstić information content (AvgIpc) is 2.80. The van der Waals surface area contributed by atoms with E-state index in [0.29, 0.717) is 30.2 Å². The van der Waals surface area contributed by atoms with Crippen LogP contribution in [0, 0.1) is 0 Å². The summed E-state index contributed by atoms with van der Waals surface area (Å²) in [6.45, 7) is 1.26. The number of nitrogens with zero attached hydrogens (tertiary/aromatic N) is 1. The molecule has 2 aromatic rings. The molecule has 1 aromatic carbocycles. The number of carbonyl (C=O) groups is 1. The van der Waals surface area contributed by atoms with Crippen LogP contribution < -0.4 is 5.73 Å². The first-order valence-electron chi connectivity index (χ1n) is 6.15. The molecule has 1 amide bonds. The van der Waals surface area contributed by atoms with Gasteiger partial charge in [0.1, 0.15) is 5.58 Å². The highest BCUT2D eigenvalue weighted by molar-refractivity contribution is 5.96. The van der Waals surface area contributed by atoms with Crippen LogP contribution in [0.1, 0.15) is 17.0 Å². The summed E-state index contributed by atoms with van der Waals surface area (Å²) in [4.78, 5) is 13.8. The maximum Gasteiger partial charge on any atom is 0.289 e. The number of nitrogens with two attached hydrogens (primary N) is 1. The molecule has 0 radical (unpaired) electrons. The SMILES string of the molecule is COCCCN(C)C(=O)c1cc2cc(N)ccc2o1. The van der Waals surface area contributed by atoms with Gasteiger partial charge in [-0.15, -0.1) is 0 Å². The molecular weight excluding hydrogens is 244 g/mol. The molecule has 1 aromatic heterocycles. The summed E-state index contributed by atoms with van der Waals surface area (Å²) >= 11 is 0. The molecule has 2 rings (SSSR count). The van der Waals surface area contributed by atoms with Gasteiger partial charge in [0.25, 0.3) is 5.91 Å². The van der Waals surface area contributed by atoms with E-state index in [1.54, 1.807) is 43.3 Å². The number of hydrogen-bond donors (Lipinski definition) is 1. The van der Waals surface area contributed by atoms with Crippen LogP contribution >= 0.6 is 0 Å². The van der Waals surface area contributed by atoms with Crippen molar-refractivity contribution in [1.82, 2.24) is 4.90 Å². The number of ether oxygens (including phenoxy) is 1. The summed E-state index contributed by atoms with van der Waals surface area (Å²) < 4.78 is 10.5. The number of rotatable bonds is 5. The first-order chi connectivity index (χ1) is 9.11. The Bertz CT molecular complexity index is 577. The van der Waals surface area contributed by atoms with Gasteiger partial charge < -0.3 is 19.8 Å². The Morgan fingerprint density at radius 2 is 2.21 bits per heavy atom. The van der Waals surface area contributed by atoms with Crippen molar-refractivity contribution in [2.24, 2.45) is 0 Å². The quantitative estimate of drug-likeness (QED) is 0.662. The molecule has 5 nitrogen and oxygen atoms in total. The van der Waals surface area contributed by atoms with Crippen molar-refractivity contribution >= 4 is 22.6 Å². The molecule has 0 fully saturated rings. The Labute approximate surface area is 111 Å². The summed E-state index contributed by atoms with van der Waals surface area (Å²) in [5.41, 5.74) is 7.02. The number of nitrogen functional groups attached to an aromatic ring is 1. The fraction of sp³-hybridized carbons (Fsp3) is 0.357. The third-order valence-corrected chi connectivity index (χ3v) is 2.94. The smallest absolute Gasteiger partial charge is 0.289 e. The van der Waals surface area contributed by atoms with E-state index in [1.165, 1.54) is 0 Å². The Morgan fingerprint density at radius 3 is 2.95 bits per heavy atom. The van der Waals surface area contributed by atoms with Gasteiger partial charge in [0.15, 0.2) is 5.76 Å². The molecule has 0 saturated carbocycles. The van der Waals surface area contributed by atoms with Crippen molar-refractivity contribution in [2.45, 2.75) is 6.42 Å².